The Morgan fingerprint density at radius 2 is 1.52 bits per heavy atom. The summed E-state index contributed by atoms with van der Waals surface area (Å²) in [4.78, 5) is 12.0. The van der Waals surface area contributed by atoms with Crippen molar-refractivity contribution in [3.8, 4) is 11.5 Å². The first-order valence-corrected chi connectivity index (χ1v) is 8.21. The number of ether oxygens (including phenoxy) is 2. The number of carbonyl (C=O) groups is 1. The van der Waals surface area contributed by atoms with Gasteiger partial charge in [0.2, 0.25) is 0 Å². The molecule has 0 amide bonds. The second-order valence-corrected chi connectivity index (χ2v) is 5.64. The highest BCUT2D eigenvalue weighted by Gasteiger charge is 2.08. The predicted octanol–water partition coefficient (Wildman–Crippen LogP) is 5.17. The minimum absolute atomic E-state index is 0.349. The molecule has 0 aliphatic carbocycles. The number of unbranched alkanes of at least 4 members (excludes halogenated alkanes) is 3. The lowest BCUT2D eigenvalue weighted by atomic mass is 10.1. The summed E-state index contributed by atoms with van der Waals surface area (Å²) in [5.74, 6) is 0.976. The van der Waals surface area contributed by atoms with Crippen molar-refractivity contribution < 1.29 is 14.3 Å². The predicted molar refractivity (Wildman–Crippen MR) is 92.2 cm³/mol. The molecular weight excluding hydrogens is 288 g/mol. The topological polar surface area (TPSA) is 35.5 Å². The van der Waals surface area contributed by atoms with E-state index in [0.717, 1.165) is 24.3 Å². The molecule has 0 unspecified atom stereocenters. The van der Waals surface area contributed by atoms with Crippen LogP contribution in [0.2, 0.25) is 0 Å². The van der Waals surface area contributed by atoms with Crippen LogP contribution in [-0.2, 0) is 0 Å². The molecule has 3 nitrogen and oxygen atoms in total. The molecule has 2 aromatic carbocycles. The van der Waals surface area contributed by atoms with Crippen molar-refractivity contribution in [3.63, 3.8) is 0 Å². The van der Waals surface area contributed by atoms with E-state index in [9.17, 15) is 4.79 Å². The molecule has 0 atom stereocenters. The van der Waals surface area contributed by atoms with Gasteiger partial charge >= 0.3 is 5.97 Å². The van der Waals surface area contributed by atoms with Crippen LogP contribution in [-0.4, -0.2) is 12.6 Å². The van der Waals surface area contributed by atoms with Crippen LogP contribution in [0.3, 0.4) is 0 Å². The lowest BCUT2D eigenvalue weighted by molar-refractivity contribution is 0.0734. The summed E-state index contributed by atoms with van der Waals surface area (Å²) in [6, 6.07) is 14.5. The van der Waals surface area contributed by atoms with Gasteiger partial charge in [-0.2, -0.15) is 0 Å². The van der Waals surface area contributed by atoms with Gasteiger partial charge in [-0.05, 0) is 49.7 Å². The Hall–Kier alpha value is -2.29. The molecule has 0 radical (unpaired) electrons. The first-order valence-electron chi connectivity index (χ1n) is 8.21. The number of rotatable bonds is 8. The zero-order valence-electron chi connectivity index (χ0n) is 13.9. The van der Waals surface area contributed by atoms with Crippen LogP contribution in [0.15, 0.2) is 48.5 Å². The first-order chi connectivity index (χ1) is 11.2. The number of esters is 1. The highest BCUT2D eigenvalue weighted by atomic mass is 16.5. The summed E-state index contributed by atoms with van der Waals surface area (Å²) in [6.07, 6.45) is 4.74. The first kappa shape index (κ1) is 17.1. The van der Waals surface area contributed by atoms with Gasteiger partial charge in [-0.15, -0.1) is 0 Å². The summed E-state index contributed by atoms with van der Waals surface area (Å²) in [6.45, 7) is 4.90. The number of benzene rings is 2. The summed E-state index contributed by atoms with van der Waals surface area (Å²) in [5, 5.41) is 0. The van der Waals surface area contributed by atoms with Crippen LogP contribution in [0.4, 0.5) is 0 Å². The lowest BCUT2D eigenvalue weighted by Crippen LogP contribution is -2.08. The van der Waals surface area contributed by atoms with E-state index < -0.39 is 0 Å². The number of aryl methyl sites for hydroxylation is 1. The van der Waals surface area contributed by atoms with Gasteiger partial charge in [-0.1, -0.05) is 43.9 Å². The second-order valence-electron chi connectivity index (χ2n) is 5.64. The molecule has 0 aliphatic heterocycles. The van der Waals surface area contributed by atoms with Gasteiger partial charge in [0.1, 0.15) is 11.5 Å². The van der Waals surface area contributed by atoms with E-state index in [-0.39, 0.29) is 5.97 Å². The minimum atomic E-state index is -0.349. The summed E-state index contributed by atoms with van der Waals surface area (Å²) < 4.78 is 11.0. The third kappa shape index (κ3) is 5.78. The van der Waals surface area contributed by atoms with Crippen molar-refractivity contribution in [3.05, 3.63) is 59.7 Å². The van der Waals surface area contributed by atoms with Crippen LogP contribution in [0.1, 0.15) is 48.5 Å². The Morgan fingerprint density at radius 3 is 2.17 bits per heavy atom. The Morgan fingerprint density at radius 1 is 0.870 bits per heavy atom. The van der Waals surface area contributed by atoms with Crippen molar-refractivity contribution >= 4 is 5.97 Å². The molecule has 122 valence electrons. The molecule has 0 saturated heterocycles. The maximum absolute atomic E-state index is 12.0. The number of hydrogen-bond donors (Lipinski definition) is 0. The van der Waals surface area contributed by atoms with Gasteiger partial charge in [0.05, 0.1) is 12.2 Å². The van der Waals surface area contributed by atoms with E-state index in [1.807, 2.05) is 31.2 Å². The molecule has 23 heavy (non-hydrogen) atoms. The van der Waals surface area contributed by atoms with Crippen molar-refractivity contribution in [1.82, 2.24) is 0 Å². The molecule has 2 aromatic rings. The van der Waals surface area contributed by atoms with Gasteiger partial charge in [-0.3, -0.25) is 0 Å². The smallest absolute Gasteiger partial charge is 0.343 e. The van der Waals surface area contributed by atoms with Crippen LogP contribution >= 0.6 is 0 Å². The molecular formula is C20H24O3. The van der Waals surface area contributed by atoms with E-state index in [0.29, 0.717) is 11.3 Å². The summed E-state index contributed by atoms with van der Waals surface area (Å²) in [7, 11) is 0. The molecule has 0 saturated carbocycles. The largest absolute Gasteiger partial charge is 0.494 e. The third-order valence-electron chi connectivity index (χ3n) is 3.59. The Balaban J connectivity index is 1.82. The van der Waals surface area contributed by atoms with Gasteiger partial charge in [0.15, 0.2) is 0 Å². The summed E-state index contributed by atoms with van der Waals surface area (Å²) >= 11 is 0. The van der Waals surface area contributed by atoms with Crippen molar-refractivity contribution in [2.24, 2.45) is 0 Å². The fourth-order valence-electron chi connectivity index (χ4n) is 2.18. The van der Waals surface area contributed by atoms with E-state index in [1.165, 1.54) is 19.3 Å². The maximum Gasteiger partial charge on any atom is 0.343 e. The number of carbonyl (C=O) groups excluding carboxylic acids is 1. The summed E-state index contributed by atoms with van der Waals surface area (Å²) in [5.41, 5.74) is 1.66. The minimum Gasteiger partial charge on any atom is -0.494 e. The lowest BCUT2D eigenvalue weighted by Gasteiger charge is -2.08. The fourth-order valence-corrected chi connectivity index (χ4v) is 2.18. The molecule has 2 rings (SSSR count). The van der Waals surface area contributed by atoms with Crippen molar-refractivity contribution in [2.75, 3.05) is 6.61 Å². The Kier molecular flexibility index (Phi) is 6.67. The molecule has 0 fully saturated rings. The highest BCUT2D eigenvalue weighted by Crippen LogP contribution is 2.19. The van der Waals surface area contributed by atoms with E-state index in [1.54, 1.807) is 24.3 Å². The number of hydrogen-bond acceptors (Lipinski definition) is 3. The monoisotopic (exact) mass is 312 g/mol. The second kappa shape index (κ2) is 8.99. The van der Waals surface area contributed by atoms with Crippen molar-refractivity contribution in [1.29, 1.82) is 0 Å². The van der Waals surface area contributed by atoms with Gasteiger partial charge in [0.25, 0.3) is 0 Å². The SMILES string of the molecule is CCCCCCOc1ccc(OC(=O)c2ccc(C)cc2)cc1. The molecule has 3 heteroatoms. The van der Waals surface area contributed by atoms with Crippen LogP contribution < -0.4 is 9.47 Å². The van der Waals surface area contributed by atoms with Gasteiger partial charge in [0, 0.05) is 0 Å². The van der Waals surface area contributed by atoms with E-state index in [2.05, 4.69) is 6.92 Å². The van der Waals surface area contributed by atoms with Gasteiger partial charge in [-0.25, -0.2) is 4.79 Å². The van der Waals surface area contributed by atoms with Gasteiger partial charge < -0.3 is 9.47 Å². The maximum atomic E-state index is 12.0. The highest BCUT2D eigenvalue weighted by molar-refractivity contribution is 5.91. The standard InChI is InChI=1S/C20H24O3/c1-3-4-5-6-15-22-18-11-13-19(14-12-18)23-20(21)17-9-7-16(2)8-10-17/h7-14H,3-6,15H2,1-2H3. The van der Waals surface area contributed by atoms with E-state index in [4.69, 9.17) is 9.47 Å². The molecule has 0 heterocycles. The molecule has 0 N–H and O–H groups in total. The quantitative estimate of drug-likeness (QED) is 0.383. The fraction of sp³-hybridized carbons (Fsp3) is 0.350. The normalized spacial score (nSPS) is 10.3. The molecule has 0 aliphatic rings. The van der Waals surface area contributed by atoms with Crippen LogP contribution in [0.5, 0.6) is 11.5 Å². The van der Waals surface area contributed by atoms with E-state index >= 15 is 0 Å². The molecule has 0 bridgehead atoms. The third-order valence-corrected chi connectivity index (χ3v) is 3.59. The van der Waals surface area contributed by atoms with Crippen LogP contribution in [0.25, 0.3) is 0 Å². The average Bonchev–Trinajstić information content (AvgIpc) is 2.57. The van der Waals surface area contributed by atoms with Crippen molar-refractivity contribution in [2.45, 2.75) is 39.5 Å². The average molecular weight is 312 g/mol. The Bertz CT molecular complexity index is 600. The zero-order chi connectivity index (χ0) is 16.5. The Labute approximate surface area is 138 Å². The molecule has 0 aromatic heterocycles. The zero-order valence-corrected chi connectivity index (χ0v) is 13.9. The van der Waals surface area contributed by atoms with Crippen LogP contribution in [0, 0.1) is 6.92 Å². The molecule has 0 spiro atoms.